The molecule has 1 aromatic carbocycles. The van der Waals surface area contributed by atoms with Gasteiger partial charge < -0.3 is 4.90 Å². The standard InChI is InChI=1S/C18H22F4N2O.BrH/c19-16-6-5-14(11-15(16)18(20,21)22)24-9-7-23(8-10-24)12-13-3-1-2-4-17(13)25;/h5-6,11,13H,1-4,7-10,12H2;1H. The van der Waals surface area contributed by atoms with Crippen molar-refractivity contribution >= 4 is 28.5 Å². The van der Waals surface area contributed by atoms with Crippen molar-refractivity contribution in [3.05, 3.63) is 29.6 Å². The van der Waals surface area contributed by atoms with Crippen molar-refractivity contribution in [3.8, 4) is 0 Å². The molecule has 0 bridgehead atoms. The van der Waals surface area contributed by atoms with E-state index in [1.165, 1.54) is 6.07 Å². The van der Waals surface area contributed by atoms with Crippen molar-refractivity contribution in [1.29, 1.82) is 0 Å². The van der Waals surface area contributed by atoms with E-state index >= 15 is 0 Å². The number of carbonyl (C=O) groups excluding carboxylic acids is 1. The molecule has 26 heavy (non-hydrogen) atoms. The Hall–Kier alpha value is -1.15. The summed E-state index contributed by atoms with van der Waals surface area (Å²) in [6, 6.07) is 3.16. The van der Waals surface area contributed by atoms with Gasteiger partial charge in [0.2, 0.25) is 0 Å². The molecule has 1 unspecified atom stereocenters. The van der Waals surface area contributed by atoms with Crippen molar-refractivity contribution in [2.75, 3.05) is 37.6 Å². The second-order valence-electron chi connectivity index (χ2n) is 6.86. The van der Waals surface area contributed by atoms with Crippen LogP contribution < -0.4 is 4.90 Å². The molecule has 1 heterocycles. The number of hydrogen-bond acceptors (Lipinski definition) is 3. The van der Waals surface area contributed by atoms with E-state index in [0.29, 0.717) is 44.1 Å². The van der Waals surface area contributed by atoms with Crippen molar-refractivity contribution < 1.29 is 22.4 Å². The average Bonchev–Trinajstić information content (AvgIpc) is 2.57. The predicted octanol–water partition coefficient (Wildman–Crippen LogP) is 4.30. The van der Waals surface area contributed by atoms with Gasteiger partial charge in [-0.1, -0.05) is 6.42 Å². The van der Waals surface area contributed by atoms with Crippen LogP contribution in [0.5, 0.6) is 0 Å². The lowest BCUT2D eigenvalue weighted by Gasteiger charge is -2.38. The first-order chi connectivity index (χ1) is 11.8. The number of piperazine rings is 1. The third-order valence-electron chi connectivity index (χ3n) is 5.15. The summed E-state index contributed by atoms with van der Waals surface area (Å²) in [6.07, 6.45) is -1.02. The number of anilines is 1. The third kappa shape index (κ3) is 4.97. The number of carbonyl (C=O) groups is 1. The zero-order valence-corrected chi connectivity index (χ0v) is 16.1. The van der Waals surface area contributed by atoms with Gasteiger partial charge in [0.25, 0.3) is 0 Å². The molecule has 3 nitrogen and oxygen atoms in total. The van der Waals surface area contributed by atoms with Crippen LogP contribution in [0, 0.1) is 11.7 Å². The van der Waals surface area contributed by atoms with Gasteiger partial charge in [0, 0.05) is 50.7 Å². The lowest BCUT2D eigenvalue weighted by molar-refractivity contribution is -0.140. The average molecular weight is 439 g/mol. The van der Waals surface area contributed by atoms with Gasteiger partial charge in [-0.3, -0.25) is 9.69 Å². The summed E-state index contributed by atoms with van der Waals surface area (Å²) >= 11 is 0. The van der Waals surface area contributed by atoms with Gasteiger partial charge >= 0.3 is 6.18 Å². The molecule has 1 atom stereocenters. The topological polar surface area (TPSA) is 23.6 Å². The van der Waals surface area contributed by atoms with Gasteiger partial charge in [0.15, 0.2) is 0 Å². The molecule has 146 valence electrons. The van der Waals surface area contributed by atoms with E-state index in [-0.39, 0.29) is 22.9 Å². The lowest BCUT2D eigenvalue weighted by atomic mass is 9.87. The highest BCUT2D eigenvalue weighted by atomic mass is 79.9. The van der Waals surface area contributed by atoms with Crippen LogP contribution in [-0.4, -0.2) is 43.4 Å². The zero-order valence-electron chi connectivity index (χ0n) is 14.4. The molecule has 1 saturated heterocycles. The molecule has 0 radical (unpaired) electrons. The molecule has 1 aliphatic carbocycles. The van der Waals surface area contributed by atoms with E-state index in [1.54, 1.807) is 0 Å². The highest BCUT2D eigenvalue weighted by Gasteiger charge is 2.35. The van der Waals surface area contributed by atoms with Gasteiger partial charge in [0.05, 0.1) is 5.56 Å². The van der Waals surface area contributed by atoms with Crippen molar-refractivity contribution in [1.82, 2.24) is 4.90 Å². The van der Waals surface area contributed by atoms with Crippen LogP contribution in [0.1, 0.15) is 31.2 Å². The number of rotatable bonds is 3. The molecule has 0 amide bonds. The van der Waals surface area contributed by atoms with Gasteiger partial charge in [-0.05, 0) is 31.0 Å². The minimum Gasteiger partial charge on any atom is -0.369 e. The monoisotopic (exact) mass is 438 g/mol. The molecule has 0 aromatic heterocycles. The van der Waals surface area contributed by atoms with Gasteiger partial charge in [0.1, 0.15) is 11.6 Å². The third-order valence-corrected chi connectivity index (χ3v) is 5.15. The molecule has 1 aromatic rings. The second-order valence-corrected chi connectivity index (χ2v) is 6.86. The predicted molar refractivity (Wildman–Crippen MR) is 97.3 cm³/mol. The summed E-state index contributed by atoms with van der Waals surface area (Å²) in [4.78, 5) is 16.0. The van der Waals surface area contributed by atoms with Crippen LogP contribution in [0.25, 0.3) is 0 Å². The van der Waals surface area contributed by atoms with Gasteiger partial charge in [-0.15, -0.1) is 17.0 Å². The maximum Gasteiger partial charge on any atom is 0.419 e. The fraction of sp³-hybridized carbons (Fsp3) is 0.611. The summed E-state index contributed by atoms with van der Waals surface area (Å²) < 4.78 is 52.0. The highest BCUT2D eigenvalue weighted by molar-refractivity contribution is 8.93. The van der Waals surface area contributed by atoms with Crippen LogP contribution in [-0.2, 0) is 11.0 Å². The molecule has 0 N–H and O–H groups in total. The maximum absolute atomic E-state index is 13.4. The first kappa shape index (κ1) is 21.2. The quantitative estimate of drug-likeness (QED) is 0.657. The Labute approximate surface area is 161 Å². The van der Waals surface area contributed by atoms with E-state index in [4.69, 9.17) is 0 Å². The largest absolute Gasteiger partial charge is 0.419 e. The Morgan fingerprint density at radius 2 is 1.77 bits per heavy atom. The summed E-state index contributed by atoms with van der Waals surface area (Å²) in [5.74, 6) is -0.810. The van der Waals surface area contributed by atoms with Crippen LogP contribution >= 0.6 is 17.0 Å². The Morgan fingerprint density at radius 3 is 2.38 bits per heavy atom. The minimum atomic E-state index is -4.69. The van der Waals surface area contributed by atoms with Crippen LogP contribution in [0.15, 0.2) is 18.2 Å². The zero-order chi connectivity index (χ0) is 18.0. The Morgan fingerprint density at radius 1 is 1.08 bits per heavy atom. The van der Waals surface area contributed by atoms with E-state index in [0.717, 1.165) is 37.9 Å². The second kappa shape index (κ2) is 8.69. The molecule has 1 saturated carbocycles. The number of ketones is 1. The molecule has 3 rings (SSSR count). The number of nitrogens with zero attached hydrogens (tertiary/aromatic N) is 2. The smallest absolute Gasteiger partial charge is 0.369 e. The lowest BCUT2D eigenvalue weighted by Crippen LogP contribution is -2.48. The SMILES string of the molecule is Br.O=C1CCCCC1CN1CCN(c2ccc(F)c(C(F)(F)F)c2)CC1. The van der Waals surface area contributed by atoms with E-state index < -0.39 is 17.6 Å². The van der Waals surface area contributed by atoms with Crippen molar-refractivity contribution in [2.24, 2.45) is 5.92 Å². The Kier molecular flexibility index (Phi) is 7.07. The fourth-order valence-corrected chi connectivity index (χ4v) is 3.68. The van der Waals surface area contributed by atoms with Gasteiger partial charge in [-0.2, -0.15) is 13.2 Å². The number of hydrogen-bond donors (Lipinski definition) is 0. The van der Waals surface area contributed by atoms with E-state index in [1.807, 2.05) is 4.90 Å². The Balaban J connectivity index is 0.00000243. The first-order valence-corrected chi connectivity index (χ1v) is 8.71. The van der Waals surface area contributed by atoms with E-state index in [9.17, 15) is 22.4 Å². The Bertz CT molecular complexity index is 630. The van der Waals surface area contributed by atoms with Gasteiger partial charge in [-0.25, -0.2) is 4.39 Å². The summed E-state index contributed by atoms with van der Waals surface area (Å²) in [6.45, 7) is 3.28. The number of Topliss-reactive ketones (excluding diaryl/α,β-unsaturated/α-hetero) is 1. The van der Waals surface area contributed by atoms with Crippen LogP contribution in [0.4, 0.5) is 23.2 Å². The minimum absolute atomic E-state index is 0. The molecule has 8 heteroatoms. The number of alkyl halides is 3. The number of benzene rings is 1. The molecular weight excluding hydrogens is 416 g/mol. The summed E-state index contributed by atoms with van der Waals surface area (Å²) in [5, 5.41) is 0. The molecule has 0 spiro atoms. The summed E-state index contributed by atoms with van der Waals surface area (Å²) in [5.41, 5.74) is -0.831. The molecule has 1 aliphatic heterocycles. The molecule has 2 aliphatic rings. The van der Waals surface area contributed by atoms with E-state index in [2.05, 4.69) is 4.90 Å². The fourth-order valence-electron chi connectivity index (χ4n) is 3.68. The van der Waals surface area contributed by atoms with Crippen molar-refractivity contribution in [3.63, 3.8) is 0 Å². The van der Waals surface area contributed by atoms with Crippen molar-refractivity contribution in [2.45, 2.75) is 31.9 Å². The number of halogens is 5. The maximum atomic E-state index is 13.4. The normalized spacial score (nSPS) is 22.2. The molecular formula is C18H23BrF4N2O. The van der Waals surface area contributed by atoms with Crippen LogP contribution in [0.2, 0.25) is 0 Å². The van der Waals surface area contributed by atoms with Crippen LogP contribution in [0.3, 0.4) is 0 Å². The first-order valence-electron chi connectivity index (χ1n) is 8.71. The summed E-state index contributed by atoms with van der Waals surface area (Å²) in [7, 11) is 0. The highest BCUT2D eigenvalue weighted by Crippen LogP contribution is 2.34. The molecule has 2 fully saturated rings.